The molecule has 2 aromatic heterocycles. The highest BCUT2D eigenvalue weighted by Gasteiger charge is 2.22. The Kier molecular flexibility index (Phi) is 4.58. The van der Waals surface area contributed by atoms with Gasteiger partial charge in [0, 0.05) is 18.0 Å². The fraction of sp³-hybridized carbons (Fsp3) is 0.417. The van der Waals surface area contributed by atoms with Crippen LogP contribution in [0.2, 0.25) is 0 Å². The van der Waals surface area contributed by atoms with Gasteiger partial charge in [-0.05, 0) is 25.5 Å². The number of aliphatic hydroxyl groups is 1. The summed E-state index contributed by atoms with van der Waals surface area (Å²) < 4.78 is 32.0. The zero-order valence-electron chi connectivity index (χ0n) is 11.0. The molecule has 0 spiro atoms. The lowest BCUT2D eigenvalue weighted by molar-refractivity contribution is 0.278. The third kappa shape index (κ3) is 3.47. The van der Waals surface area contributed by atoms with Crippen molar-refractivity contribution in [1.82, 2.24) is 14.9 Å². The van der Waals surface area contributed by atoms with E-state index in [1.807, 2.05) is 6.07 Å². The van der Waals surface area contributed by atoms with E-state index in [0.717, 1.165) is 5.76 Å². The van der Waals surface area contributed by atoms with Crippen LogP contribution in [0.1, 0.15) is 24.7 Å². The van der Waals surface area contributed by atoms with Gasteiger partial charge in [-0.3, -0.25) is 5.10 Å². The molecule has 0 aliphatic carbocycles. The van der Waals surface area contributed by atoms with Gasteiger partial charge in [0.25, 0.3) is 10.0 Å². The van der Waals surface area contributed by atoms with Crippen molar-refractivity contribution in [3.63, 3.8) is 0 Å². The Morgan fingerprint density at radius 1 is 1.55 bits per heavy atom. The molecule has 0 amide bonds. The molecular formula is C12H17N3O4S. The Hall–Kier alpha value is -1.64. The first kappa shape index (κ1) is 14.8. The minimum atomic E-state index is -3.71. The number of aliphatic hydroxyl groups excluding tert-OH is 1. The SMILES string of the molecule is CC(CCc1ccco1)NS(=O)(=O)c1[nH]ncc1CO. The lowest BCUT2D eigenvalue weighted by Gasteiger charge is -2.13. The smallest absolute Gasteiger partial charge is 0.258 e. The standard InChI is InChI=1S/C12H17N3O4S/c1-9(4-5-11-3-2-6-19-11)15-20(17,18)12-10(8-16)7-13-14-12/h2-3,6-7,9,15-16H,4-5,8H2,1H3,(H,13,14). The summed E-state index contributed by atoms with van der Waals surface area (Å²) in [5.74, 6) is 0.814. The number of aryl methyl sites for hydroxylation is 1. The number of rotatable bonds is 7. The van der Waals surface area contributed by atoms with E-state index in [1.54, 1.807) is 19.3 Å². The van der Waals surface area contributed by atoms with Crippen LogP contribution in [0.15, 0.2) is 34.0 Å². The predicted octanol–water partition coefficient (Wildman–Crippen LogP) is 0.795. The van der Waals surface area contributed by atoms with Crippen LogP contribution in [0.5, 0.6) is 0 Å². The van der Waals surface area contributed by atoms with Gasteiger partial charge in [0.05, 0.1) is 19.1 Å². The number of nitrogens with zero attached hydrogens (tertiary/aromatic N) is 1. The van der Waals surface area contributed by atoms with Gasteiger partial charge >= 0.3 is 0 Å². The molecule has 7 nitrogen and oxygen atoms in total. The molecule has 0 saturated carbocycles. The molecule has 0 fully saturated rings. The summed E-state index contributed by atoms with van der Waals surface area (Å²) >= 11 is 0. The molecule has 3 N–H and O–H groups in total. The molecule has 0 radical (unpaired) electrons. The Morgan fingerprint density at radius 3 is 3.00 bits per heavy atom. The molecule has 8 heteroatoms. The Morgan fingerprint density at radius 2 is 2.35 bits per heavy atom. The third-order valence-corrected chi connectivity index (χ3v) is 4.48. The molecule has 110 valence electrons. The largest absolute Gasteiger partial charge is 0.469 e. The fourth-order valence-corrected chi connectivity index (χ4v) is 3.24. The van der Waals surface area contributed by atoms with Crippen LogP contribution in [-0.4, -0.2) is 29.8 Å². The molecule has 1 atom stereocenters. The summed E-state index contributed by atoms with van der Waals surface area (Å²) in [6, 6.07) is 3.38. The number of hydrogen-bond donors (Lipinski definition) is 3. The summed E-state index contributed by atoms with van der Waals surface area (Å²) in [7, 11) is -3.71. The average Bonchev–Trinajstić information content (AvgIpc) is 3.07. The number of furan rings is 1. The van der Waals surface area contributed by atoms with Crippen molar-refractivity contribution >= 4 is 10.0 Å². The first-order chi connectivity index (χ1) is 9.53. The van der Waals surface area contributed by atoms with Gasteiger partial charge in [-0.25, -0.2) is 13.1 Å². The molecule has 2 aromatic rings. The van der Waals surface area contributed by atoms with Gasteiger partial charge in [0.1, 0.15) is 5.76 Å². The molecule has 20 heavy (non-hydrogen) atoms. The quantitative estimate of drug-likeness (QED) is 0.700. The Labute approximate surface area is 117 Å². The summed E-state index contributed by atoms with van der Waals surface area (Å²) in [5.41, 5.74) is 0.246. The molecule has 0 aliphatic rings. The van der Waals surface area contributed by atoms with Crippen LogP contribution < -0.4 is 4.72 Å². The zero-order valence-corrected chi connectivity index (χ0v) is 11.9. The maximum Gasteiger partial charge on any atom is 0.258 e. The molecule has 0 aromatic carbocycles. The normalized spacial score (nSPS) is 13.5. The van der Waals surface area contributed by atoms with Crippen molar-refractivity contribution in [2.24, 2.45) is 0 Å². The van der Waals surface area contributed by atoms with E-state index in [-0.39, 0.29) is 23.2 Å². The van der Waals surface area contributed by atoms with Crippen LogP contribution in [0, 0.1) is 0 Å². The van der Waals surface area contributed by atoms with Crippen LogP contribution in [0.25, 0.3) is 0 Å². The van der Waals surface area contributed by atoms with Crippen molar-refractivity contribution in [2.75, 3.05) is 0 Å². The zero-order chi connectivity index (χ0) is 14.6. The van der Waals surface area contributed by atoms with Crippen LogP contribution in [-0.2, 0) is 23.1 Å². The second-order valence-corrected chi connectivity index (χ2v) is 6.17. The second kappa shape index (κ2) is 6.21. The van der Waals surface area contributed by atoms with Crippen molar-refractivity contribution in [3.8, 4) is 0 Å². The number of sulfonamides is 1. The number of aromatic nitrogens is 2. The number of hydrogen-bond acceptors (Lipinski definition) is 5. The molecule has 1 unspecified atom stereocenters. The van der Waals surface area contributed by atoms with E-state index in [9.17, 15) is 8.42 Å². The topological polar surface area (TPSA) is 108 Å². The molecule has 0 aliphatic heterocycles. The number of aromatic amines is 1. The van der Waals surface area contributed by atoms with Crippen molar-refractivity contribution in [3.05, 3.63) is 35.9 Å². The third-order valence-electron chi connectivity index (χ3n) is 2.88. The molecule has 0 bridgehead atoms. The minimum Gasteiger partial charge on any atom is -0.469 e. The highest BCUT2D eigenvalue weighted by molar-refractivity contribution is 7.89. The molecule has 2 heterocycles. The van der Waals surface area contributed by atoms with Gasteiger partial charge in [-0.1, -0.05) is 0 Å². The fourth-order valence-electron chi connectivity index (χ4n) is 1.84. The van der Waals surface area contributed by atoms with Crippen molar-refractivity contribution in [1.29, 1.82) is 0 Å². The summed E-state index contributed by atoms with van der Waals surface area (Å²) in [5, 5.41) is 15.0. The minimum absolute atomic E-state index is 0.0927. The number of H-pyrrole nitrogens is 1. The lowest BCUT2D eigenvalue weighted by Crippen LogP contribution is -2.33. The van der Waals surface area contributed by atoms with E-state index in [4.69, 9.17) is 9.52 Å². The number of nitrogens with one attached hydrogen (secondary N) is 2. The van der Waals surface area contributed by atoms with Gasteiger partial charge < -0.3 is 9.52 Å². The lowest BCUT2D eigenvalue weighted by atomic mass is 10.2. The average molecular weight is 299 g/mol. The van der Waals surface area contributed by atoms with E-state index < -0.39 is 10.0 Å². The Balaban J connectivity index is 1.97. The molecular weight excluding hydrogens is 282 g/mol. The van der Waals surface area contributed by atoms with E-state index in [1.165, 1.54) is 6.20 Å². The molecule has 0 saturated heterocycles. The maximum atomic E-state index is 12.1. The summed E-state index contributed by atoms with van der Waals surface area (Å²) in [6.45, 7) is 1.39. The van der Waals surface area contributed by atoms with Crippen LogP contribution >= 0.6 is 0 Å². The highest BCUT2D eigenvalue weighted by Crippen LogP contribution is 2.13. The van der Waals surface area contributed by atoms with Gasteiger partial charge in [-0.15, -0.1) is 0 Å². The molecule has 2 rings (SSSR count). The first-order valence-electron chi connectivity index (χ1n) is 6.20. The van der Waals surface area contributed by atoms with E-state index >= 15 is 0 Å². The van der Waals surface area contributed by atoms with E-state index in [2.05, 4.69) is 14.9 Å². The summed E-state index contributed by atoms with van der Waals surface area (Å²) in [4.78, 5) is 0. The van der Waals surface area contributed by atoms with Gasteiger partial charge in [0.15, 0.2) is 5.03 Å². The van der Waals surface area contributed by atoms with Gasteiger partial charge in [0.2, 0.25) is 0 Å². The highest BCUT2D eigenvalue weighted by atomic mass is 32.2. The monoisotopic (exact) mass is 299 g/mol. The van der Waals surface area contributed by atoms with E-state index in [0.29, 0.717) is 12.8 Å². The van der Waals surface area contributed by atoms with Gasteiger partial charge in [-0.2, -0.15) is 5.10 Å². The van der Waals surface area contributed by atoms with Crippen LogP contribution in [0.3, 0.4) is 0 Å². The van der Waals surface area contributed by atoms with Crippen molar-refractivity contribution < 1.29 is 17.9 Å². The van der Waals surface area contributed by atoms with Crippen LogP contribution in [0.4, 0.5) is 0 Å². The summed E-state index contributed by atoms with van der Waals surface area (Å²) in [6.07, 6.45) is 4.13. The van der Waals surface area contributed by atoms with Crippen molar-refractivity contribution in [2.45, 2.75) is 37.4 Å². The predicted molar refractivity (Wildman–Crippen MR) is 71.3 cm³/mol. The second-order valence-electron chi connectivity index (χ2n) is 4.52. The first-order valence-corrected chi connectivity index (χ1v) is 7.69. The Bertz CT molecular complexity index is 633. The maximum absolute atomic E-state index is 12.1.